The summed E-state index contributed by atoms with van der Waals surface area (Å²) in [7, 11) is 0. The van der Waals surface area contributed by atoms with Crippen LogP contribution in [0, 0.1) is 23.7 Å². The van der Waals surface area contributed by atoms with Crippen LogP contribution in [0.25, 0.3) is 0 Å². The molecular weight excluding hydrogens is 1720 g/mol. The quantitative estimate of drug-likeness (QED) is 0.0164. The number of aliphatic hydroxyl groups is 2. The second-order valence-electron chi connectivity index (χ2n) is 35.7. The summed E-state index contributed by atoms with van der Waals surface area (Å²) < 4.78 is 0. The lowest BCUT2D eigenvalue weighted by molar-refractivity contribution is -0.143. The van der Waals surface area contributed by atoms with E-state index in [9.17, 15) is 77.3 Å². The third kappa shape index (κ3) is 39.2. The molecule has 1 saturated heterocycles. The Balaban J connectivity index is 1.40. The highest BCUT2D eigenvalue weighted by atomic mass is 16.3. The summed E-state index contributed by atoms with van der Waals surface area (Å²) in [5, 5.41) is 55.5. The summed E-state index contributed by atoms with van der Waals surface area (Å²) in [5.41, 5.74) is 48.9. The SMILES string of the molecule is CC[C@@](C)(NC(=O)[C@H](CC(C)C)NC(=O)[C@H](CC(N)=O)NC(=O)[C@H](CC1CCCCC1)NC(=O)[C@H](CC1CCCCC1)NC(=O)[C@H](Cc1cnc[nH]1)NC(=O)[C@H](CCCN=C(N)N)NC(=O)[C@H]1CCCN1C(=O)[C@H](CO)NC(C)=O)C(=O)N[C@H](C(=O)N[C@@H](CCCN=C(N)N)C(=O)N[C@@H](CCC(N)=O)C(=O)N[C@@H](CCCN=C(N)N)C(=O)N[C@@H](CC1CCCCC1)C(N)=O)[C@@H](C)O. The summed E-state index contributed by atoms with van der Waals surface area (Å²) in [4.78, 5) is 261. The molecule has 3 aliphatic carbocycles. The molecule has 5 rings (SSSR count). The van der Waals surface area contributed by atoms with Gasteiger partial charge >= 0.3 is 0 Å². The average molecular weight is 1860 g/mol. The van der Waals surface area contributed by atoms with E-state index in [1.54, 1.807) is 13.8 Å². The lowest BCUT2D eigenvalue weighted by Gasteiger charge is -2.34. The van der Waals surface area contributed by atoms with Crippen molar-refractivity contribution in [2.45, 2.75) is 337 Å². The highest BCUT2D eigenvalue weighted by molar-refractivity contribution is 6.02. The fourth-order valence-corrected chi connectivity index (χ4v) is 16.8. The van der Waals surface area contributed by atoms with E-state index < -0.39 is 222 Å². The zero-order valence-electron chi connectivity index (χ0n) is 77.0. The molecule has 0 radical (unpaired) electrons. The molecule has 47 nitrogen and oxygen atoms in total. The van der Waals surface area contributed by atoms with Crippen LogP contribution in [0.15, 0.2) is 27.5 Å². The van der Waals surface area contributed by atoms with Crippen molar-refractivity contribution in [3.05, 3.63) is 18.2 Å². The molecule has 15 atom stereocenters. The summed E-state index contributed by atoms with van der Waals surface area (Å²) in [5.74, 6) is -17.0. The number of imidazole rings is 1. The molecular formula is C85H146N28O19. The second-order valence-corrected chi connectivity index (χ2v) is 35.7. The summed E-state index contributed by atoms with van der Waals surface area (Å²) >= 11 is 0. The monoisotopic (exact) mass is 1860 g/mol. The van der Waals surface area contributed by atoms with Crippen molar-refractivity contribution in [3.8, 4) is 0 Å². The minimum absolute atomic E-state index is 0.00772. The molecule has 1 aromatic rings. The van der Waals surface area contributed by atoms with E-state index in [-0.39, 0.29) is 145 Å². The Morgan fingerprint density at radius 3 is 1.28 bits per heavy atom. The third-order valence-corrected chi connectivity index (χ3v) is 24.2. The van der Waals surface area contributed by atoms with Crippen molar-refractivity contribution in [2.75, 3.05) is 32.8 Å². The van der Waals surface area contributed by atoms with Crippen LogP contribution in [0.3, 0.4) is 0 Å². The molecule has 0 spiro atoms. The molecule has 17 amide bonds. The van der Waals surface area contributed by atoms with Gasteiger partial charge in [0.15, 0.2) is 17.9 Å². The highest BCUT2D eigenvalue weighted by Gasteiger charge is 2.44. The molecule has 4 aliphatic rings. The number of likely N-dealkylation sites (tertiary alicyclic amines) is 1. The smallest absolute Gasteiger partial charge is 0.248 e. The molecule has 0 bridgehead atoms. The number of carbonyl (C=O) groups is 17. The number of carbonyl (C=O) groups excluding carboxylic acids is 17. The second kappa shape index (κ2) is 56.6. The maximum absolute atomic E-state index is 15.3. The van der Waals surface area contributed by atoms with Crippen LogP contribution in [0.1, 0.15) is 246 Å². The standard InChI is InChI=1S/C85H146N28O19/c1-7-85(6,81(132)111-67(47(4)115)79(130)104-55(29-19-35-98-84(93)94)69(120)102-56(31-32-65(86)117)72(123)101-53(27-17-33-96-82(89)90)70(121)105-57(68(88)119)38-49-21-11-8-12-22-49)112-77(128)58(37-46(2)3)106-76(127)62(42-66(87)118)110-74(125)60(40-51-25-15-10-16-26-51)107-73(124)59(39-50-23-13-9-14-24-50)108-75(126)61(41-52-43-95-45-99-52)109-71(122)54(28-18-34-97-83(91)92)103-78(129)64-30-20-36-113(64)80(131)63(44-114)100-48(5)116/h43,45-47,49-51,53-64,67,114-115H,7-42,44H2,1-6H3,(H2,86,117)(H2,87,118)(H2,88,119)(H,95,99)(H,100,116)(H,101,123)(H,102,120)(H,103,129)(H,104,130)(H,105,121)(H,106,127)(H,107,124)(H,108,126)(H,109,122)(H,110,125)(H,111,132)(H,112,128)(H4,89,90,96)(H4,91,92,97)(H4,93,94,98)/t47-,53+,54+,55+,56+,57+,58+,59+,60+,61+,62+,63+,64-,67+,85-/m1/s1. The van der Waals surface area contributed by atoms with Crippen molar-refractivity contribution in [1.82, 2.24) is 84.0 Å². The lowest BCUT2D eigenvalue weighted by Crippen LogP contribution is -2.65. The topological polar surface area (TPSA) is 790 Å². The van der Waals surface area contributed by atoms with Crippen molar-refractivity contribution < 1.29 is 91.7 Å². The molecule has 4 fully saturated rings. The number of aliphatic imine (C=N–C) groups is 3. The molecule has 47 heteroatoms. The predicted octanol–water partition coefficient (Wildman–Crippen LogP) is -5.82. The number of aromatic nitrogens is 2. The number of hydrogen-bond acceptors (Lipinski definition) is 23. The van der Waals surface area contributed by atoms with E-state index in [0.29, 0.717) is 37.8 Å². The van der Waals surface area contributed by atoms with Crippen LogP contribution in [0.5, 0.6) is 0 Å². The van der Waals surface area contributed by atoms with E-state index in [1.807, 2.05) is 0 Å². The zero-order chi connectivity index (χ0) is 97.9. The van der Waals surface area contributed by atoms with Gasteiger partial charge in [-0.3, -0.25) is 96.5 Å². The van der Waals surface area contributed by atoms with Crippen molar-refractivity contribution in [1.29, 1.82) is 0 Å². The number of nitrogens with two attached hydrogens (primary N) is 9. The first-order valence-electron chi connectivity index (χ1n) is 46.0. The number of nitrogens with zero attached hydrogens (tertiary/aromatic N) is 5. The van der Waals surface area contributed by atoms with Gasteiger partial charge in [0.05, 0.1) is 25.5 Å². The maximum Gasteiger partial charge on any atom is 0.248 e. The van der Waals surface area contributed by atoms with Crippen LogP contribution in [0.2, 0.25) is 0 Å². The third-order valence-electron chi connectivity index (χ3n) is 24.2. The van der Waals surface area contributed by atoms with Gasteiger partial charge < -0.3 is 141 Å². The molecule has 0 unspecified atom stereocenters. The summed E-state index contributed by atoms with van der Waals surface area (Å²) in [6.45, 7) is 7.73. The van der Waals surface area contributed by atoms with Gasteiger partial charge in [0.1, 0.15) is 84.1 Å². The Labute approximate surface area is 769 Å². The van der Waals surface area contributed by atoms with E-state index in [4.69, 9.17) is 51.6 Å². The Hall–Kier alpha value is -12.1. The van der Waals surface area contributed by atoms with E-state index >= 15 is 14.4 Å². The number of aliphatic hydroxyl groups excluding tert-OH is 2. The number of guanidine groups is 3. The van der Waals surface area contributed by atoms with Crippen molar-refractivity contribution >= 4 is 118 Å². The van der Waals surface area contributed by atoms with Gasteiger partial charge in [-0.05, 0) is 127 Å². The fraction of sp³-hybridized carbons (Fsp3) is 0.729. The van der Waals surface area contributed by atoms with Gasteiger partial charge in [-0.1, -0.05) is 117 Å². The minimum Gasteiger partial charge on any atom is -0.394 e. The van der Waals surface area contributed by atoms with Crippen molar-refractivity contribution in [2.24, 2.45) is 90.3 Å². The molecule has 3 saturated carbocycles. The number of rotatable bonds is 57. The normalized spacial score (nSPS) is 18.2. The van der Waals surface area contributed by atoms with Gasteiger partial charge in [0.25, 0.3) is 0 Å². The summed E-state index contributed by atoms with van der Waals surface area (Å²) in [6.07, 6.45) is 11.2. The van der Waals surface area contributed by atoms with Crippen LogP contribution >= 0.6 is 0 Å². The lowest BCUT2D eigenvalue weighted by atomic mass is 9.83. The first kappa shape index (κ1) is 110. The van der Waals surface area contributed by atoms with E-state index in [2.05, 4.69) is 94.1 Å². The van der Waals surface area contributed by atoms with Crippen LogP contribution in [-0.4, -0.2) is 266 Å². The number of primary amides is 3. The van der Waals surface area contributed by atoms with Crippen molar-refractivity contribution in [3.63, 3.8) is 0 Å². The molecule has 0 aromatic carbocycles. The van der Waals surface area contributed by atoms with Gasteiger partial charge in [-0.2, -0.15) is 0 Å². The molecule has 740 valence electrons. The molecule has 1 aromatic heterocycles. The number of hydrogen-bond donors (Lipinski definition) is 25. The van der Waals surface area contributed by atoms with Gasteiger partial charge in [0.2, 0.25) is 100 Å². The molecule has 1 aliphatic heterocycles. The predicted molar refractivity (Wildman–Crippen MR) is 486 cm³/mol. The van der Waals surface area contributed by atoms with Crippen LogP contribution < -0.4 is 121 Å². The molecule has 132 heavy (non-hydrogen) atoms. The van der Waals surface area contributed by atoms with Crippen LogP contribution in [0.4, 0.5) is 0 Å². The van der Waals surface area contributed by atoms with Gasteiger partial charge in [-0.15, -0.1) is 0 Å². The first-order valence-corrected chi connectivity index (χ1v) is 46.0. The molecule has 34 N–H and O–H groups in total. The largest absolute Gasteiger partial charge is 0.394 e. The Morgan fingerprint density at radius 2 is 0.871 bits per heavy atom. The number of aromatic amines is 1. The van der Waals surface area contributed by atoms with Crippen LogP contribution in [-0.2, 0) is 87.9 Å². The summed E-state index contributed by atoms with van der Waals surface area (Å²) in [6, 6.07) is -19.4. The first-order chi connectivity index (χ1) is 62.5. The Morgan fingerprint density at radius 1 is 0.470 bits per heavy atom. The average Bonchev–Trinajstić information content (AvgIpc) is 0.851. The zero-order valence-corrected chi connectivity index (χ0v) is 77.0. The molecule has 2 heterocycles. The Bertz CT molecular complexity index is 4100. The number of H-pyrrole nitrogens is 1. The number of nitrogens with one attached hydrogen (secondary N) is 14. The van der Waals surface area contributed by atoms with Gasteiger partial charge in [-0.25, -0.2) is 4.98 Å². The van der Waals surface area contributed by atoms with E-state index in [1.165, 1.54) is 31.3 Å². The highest BCUT2D eigenvalue weighted by Crippen LogP contribution is 2.31. The maximum atomic E-state index is 15.3. The van der Waals surface area contributed by atoms with E-state index in [0.717, 1.165) is 84.5 Å². The minimum atomic E-state index is -2.00. The van der Waals surface area contributed by atoms with Gasteiger partial charge in [0, 0.05) is 57.8 Å². The number of amides is 17. The Kier molecular flexibility index (Phi) is 47.4. The fourth-order valence-electron chi connectivity index (χ4n) is 16.8.